The molecule has 0 spiro atoms. The lowest BCUT2D eigenvalue weighted by molar-refractivity contribution is 0.281. The van der Waals surface area contributed by atoms with E-state index in [9.17, 15) is 0 Å². The molecule has 0 bridgehead atoms. The van der Waals surface area contributed by atoms with E-state index in [2.05, 4.69) is 10.6 Å². The average molecular weight is 330 g/mol. The number of aliphatic hydroxyl groups is 2. The molecule has 6 heteroatoms. The largest absolute Gasteiger partial charge is 0.399 e. The predicted molar refractivity (Wildman–Crippen MR) is 101 cm³/mol. The highest BCUT2D eigenvalue weighted by Gasteiger charge is 2.04. The van der Waals surface area contributed by atoms with E-state index >= 15 is 0 Å². The molecule has 0 radical (unpaired) electrons. The number of nitrogens with one attached hydrogen (secondary N) is 2. The molecule has 2 aromatic carbocycles. The summed E-state index contributed by atoms with van der Waals surface area (Å²) in [5.41, 5.74) is 9.49. The van der Waals surface area contributed by atoms with Crippen LogP contribution in [0.3, 0.4) is 0 Å². The lowest BCUT2D eigenvalue weighted by Gasteiger charge is -2.23. The van der Waals surface area contributed by atoms with Crippen LogP contribution in [0, 0.1) is 0 Å². The van der Waals surface area contributed by atoms with Crippen molar-refractivity contribution in [2.24, 2.45) is 0 Å². The van der Waals surface area contributed by atoms with Crippen molar-refractivity contribution in [2.45, 2.75) is 0 Å². The van der Waals surface area contributed by atoms with Crippen LogP contribution in [0.5, 0.6) is 0 Å². The number of nitrogen functional groups attached to an aromatic ring is 1. The Morgan fingerprint density at radius 1 is 0.750 bits per heavy atom. The first-order chi connectivity index (χ1) is 11.7. The Labute approximate surface area is 142 Å². The summed E-state index contributed by atoms with van der Waals surface area (Å²) in [6, 6.07) is 15.6. The van der Waals surface area contributed by atoms with E-state index in [0.29, 0.717) is 13.1 Å². The van der Waals surface area contributed by atoms with Gasteiger partial charge in [0.05, 0.1) is 13.2 Å². The van der Waals surface area contributed by atoms with Gasteiger partial charge in [0.15, 0.2) is 0 Å². The molecule has 130 valence electrons. The highest BCUT2D eigenvalue weighted by Crippen LogP contribution is 2.17. The molecule has 0 saturated carbocycles. The normalized spacial score (nSPS) is 10.4. The zero-order valence-corrected chi connectivity index (χ0v) is 13.8. The molecule has 6 N–H and O–H groups in total. The predicted octanol–water partition coefficient (Wildman–Crippen LogP) is 1.58. The minimum absolute atomic E-state index is 0.0663. The standard InChI is InChI=1S/C18H26N4O2/c19-15-1-3-16(4-2-15)20-9-10-21-17-5-7-18(8-6-17)22(11-13-23)12-14-24/h1-8,20-21,23-24H,9-14,19H2. The number of anilines is 4. The number of benzene rings is 2. The minimum Gasteiger partial charge on any atom is -0.399 e. The number of nitrogens with zero attached hydrogens (tertiary/aromatic N) is 1. The molecule has 0 unspecified atom stereocenters. The smallest absolute Gasteiger partial charge is 0.0606 e. The fraction of sp³-hybridized carbons (Fsp3) is 0.333. The van der Waals surface area contributed by atoms with Gasteiger partial charge in [-0.15, -0.1) is 0 Å². The monoisotopic (exact) mass is 330 g/mol. The average Bonchev–Trinajstić information content (AvgIpc) is 2.61. The Morgan fingerprint density at radius 2 is 1.21 bits per heavy atom. The third-order valence-electron chi connectivity index (χ3n) is 3.67. The topological polar surface area (TPSA) is 93.8 Å². The number of rotatable bonds is 10. The van der Waals surface area contributed by atoms with Gasteiger partial charge in [0.2, 0.25) is 0 Å². The fourth-order valence-electron chi connectivity index (χ4n) is 2.42. The highest BCUT2D eigenvalue weighted by atomic mass is 16.3. The molecule has 6 nitrogen and oxygen atoms in total. The van der Waals surface area contributed by atoms with Crippen molar-refractivity contribution in [1.29, 1.82) is 0 Å². The van der Waals surface area contributed by atoms with Crippen molar-refractivity contribution in [2.75, 3.05) is 60.7 Å². The van der Waals surface area contributed by atoms with Crippen LogP contribution in [0.1, 0.15) is 0 Å². The second-order valence-electron chi connectivity index (χ2n) is 5.46. The van der Waals surface area contributed by atoms with E-state index < -0.39 is 0 Å². The van der Waals surface area contributed by atoms with Crippen molar-refractivity contribution in [3.05, 3.63) is 48.5 Å². The molecular formula is C18H26N4O2. The van der Waals surface area contributed by atoms with E-state index in [4.69, 9.17) is 15.9 Å². The van der Waals surface area contributed by atoms with E-state index in [-0.39, 0.29) is 13.2 Å². The number of nitrogens with two attached hydrogens (primary N) is 1. The second-order valence-corrected chi connectivity index (χ2v) is 5.46. The molecule has 0 aliphatic rings. The molecular weight excluding hydrogens is 304 g/mol. The SMILES string of the molecule is Nc1ccc(NCCNc2ccc(N(CCO)CCO)cc2)cc1. The summed E-state index contributed by atoms with van der Waals surface area (Å²) in [6.07, 6.45) is 0. The van der Waals surface area contributed by atoms with Gasteiger partial charge in [-0.05, 0) is 48.5 Å². The Hall–Kier alpha value is -2.44. The summed E-state index contributed by atoms with van der Waals surface area (Å²) in [5, 5.41) is 24.8. The number of hydrogen-bond donors (Lipinski definition) is 5. The van der Waals surface area contributed by atoms with Crippen LogP contribution in [0.25, 0.3) is 0 Å². The molecule has 0 aromatic heterocycles. The van der Waals surface area contributed by atoms with Crippen molar-refractivity contribution in [1.82, 2.24) is 0 Å². The second kappa shape index (κ2) is 9.64. The van der Waals surface area contributed by atoms with E-state index in [1.54, 1.807) is 0 Å². The number of aliphatic hydroxyl groups excluding tert-OH is 2. The lowest BCUT2D eigenvalue weighted by atomic mass is 10.2. The molecule has 0 heterocycles. The van der Waals surface area contributed by atoms with Gasteiger partial charge in [-0.3, -0.25) is 0 Å². The van der Waals surface area contributed by atoms with Gasteiger partial charge in [0.1, 0.15) is 0 Å². The molecule has 0 saturated heterocycles. The summed E-state index contributed by atoms with van der Waals surface area (Å²) in [4.78, 5) is 1.95. The van der Waals surface area contributed by atoms with E-state index in [1.165, 1.54) is 0 Å². The summed E-state index contributed by atoms with van der Waals surface area (Å²) >= 11 is 0. The van der Waals surface area contributed by atoms with Crippen molar-refractivity contribution >= 4 is 22.7 Å². The van der Waals surface area contributed by atoms with Gasteiger partial charge in [-0.2, -0.15) is 0 Å². The van der Waals surface area contributed by atoms with Crippen LogP contribution >= 0.6 is 0 Å². The zero-order chi connectivity index (χ0) is 17.2. The molecule has 0 fully saturated rings. The Morgan fingerprint density at radius 3 is 1.67 bits per heavy atom. The van der Waals surface area contributed by atoms with Crippen LogP contribution in [0.4, 0.5) is 22.7 Å². The maximum absolute atomic E-state index is 9.08. The van der Waals surface area contributed by atoms with Crippen molar-refractivity contribution in [3.63, 3.8) is 0 Å². The molecule has 2 aromatic rings. The van der Waals surface area contributed by atoms with E-state index in [0.717, 1.165) is 35.8 Å². The molecule has 2 rings (SSSR count). The van der Waals surface area contributed by atoms with Crippen LogP contribution in [0.2, 0.25) is 0 Å². The molecule has 0 aliphatic carbocycles. The summed E-state index contributed by atoms with van der Waals surface area (Å²) in [7, 11) is 0. The summed E-state index contributed by atoms with van der Waals surface area (Å²) in [5.74, 6) is 0. The number of hydrogen-bond acceptors (Lipinski definition) is 6. The Balaban J connectivity index is 1.77. The van der Waals surface area contributed by atoms with Crippen molar-refractivity contribution < 1.29 is 10.2 Å². The van der Waals surface area contributed by atoms with Gasteiger partial charge in [0.25, 0.3) is 0 Å². The fourth-order valence-corrected chi connectivity index (χ4v) is 2.42. The summed E-state index contributed by atoms with van der Waals surface area (Å²) in [6.45, 7) is 2.75. The van der Waals surface area contributed by atoms with Crippen LogP contribution in [-0.4, -0.2) is 49.6 Å². The molecule has 0 aliphatic heterocycles. The van der Waals surface area contributed by atoms with Gasteiger partial charge >= 0.3 is 0 Å². The Bertz CT molecular complexity index is 581. The maximum atomic E-state index is 9.08. The molecule has 0 atom stereocenters. The highest BCUT2D eigenvalue weighted by molar-refractivity contribution is 5.55. The van der Waals surface area contributed by atoms with Gasteiger partial charge in [-0.25, -0.2) is 0 Å². The summed E-state index contributed by atoms with van der Waals surface area (Å²) < 4.78 is 0. The van der Waals surface area contributed by atoms with Crippen LogP contribution < -0.4 is 21.3 Å². The van der Waals surface area contributed by atoms with Gasteiger partial charge in [-0.1, -0.05) is 0 Å². The van der Waals surface area contributed by atoms with Crippen LogP contribution in [0.15, 0.2) is 48.5 Å². The first-order valence-electron chi connectivity index (χ1n) is 8.13. The molecule has 0 amide bonds. The Kier molecular flexibility index (Phi) is 7.20. The minimum atomic E-state index is 0.0663. The van der Waals surface area contributed by atoms with Gasteiger partial charge in [0, 0.05) is 48.9 Å². The van der Waals surface area contributed by atoms with Gasteiger partial charge < -0.3 is 31.5 Å². The third kappa shape index (κ3) is 5.64. The maximum Gasteiger partial charge on any atom is 0.0606 e. The first-order valence-corrected chi connectivity index (χ1v) is 8.13. The van der Waals surface area contributed by atoms with Crippen molar-refractivity contribution in [3.8, 4) is 0 Å². The molecule has 24 heavy (non-hydrogen) atoms. The third-order valence-corrected chi connectivity index (χ3v) is 3.67. The van der Waals surface area contributed by atoms with E-state index in [1.807, 2.05) is 53.4 Å². The zero-order valence-electron chi connectivity index (χ0n) is 13.8. The quantitative estimate of drug-likeness (QED) is 0.335. The van der Waals surface area contributed by atoms with Crippen LogP contribution in [-0.2, 0) is 0 Å². The first kappa shape index (κ1) is 17.9. The lowest BCUT2D eigenvalue weighted by Crippen LogP contribution is -2.29.